The number of hydrogen-bond donors (Lipinski definition) is 0. The lowest BCUT2D eigenvalue weighted by molar-refractivity contribution is -0.130. The number of rotatable bonds is 5. The van der Waals surface area contributed by atoms with Crippen LogP contribution in [-0.2, 0) is 28.3 Å². The predicted molar refractivity (Wildman–Crippen MR) is 109 cm³/mol. The number of carbonyl (C=O) groups is 1. The van der Waals surface area contributed by atoms with Gasteiger partial charge in [-0.25, -0.2) is 8.42 Å². The van der Waals surface area contributed by atoms with Gasteiger partial charge in [0.2, 0.25) is 15.9 Å². The molecule has 9 heteroatoms. The molecule has 158 valence electrons. The zero-order valence-electron chi connectivity index (χ0n) is 17.4. The van der Waals surface area contributed by atoms with Crippen molar-refractivity contribution in [2.45, 2.75) is 31.6 Å². The summed E-state index contributed by atoms with van der Waals surface area (Å²) in [6.45, 7) is 5.05. The molecule has 0 radical (unpaired) electrons. The Morgan fingerprint density at radius 1 is 1.17 bits per heavy atom. The lowest BCUT2D eigenvalue weighted by atomic mass is 10.1. The fourth-order valence-corrected chi connectivity index (χ4v) is 5.58. The predicted octanol–water partition coefficient (Wildman–Crippen LogP) is 1.51. The SMILES string of the molecule is COc1cccc(CC(=O)N2CCCN(S(=O)(=O)c3c(C)nn(C)c3C)CC2)c1. The van der Waals surface area contributed by atoms with Crippen molar-refractivity contribution < 1.29 is 17.9 Å². The number of carbonyl (C=O) groups excluding carboxylic acids is 1. The van der Waals surface area contributed by atoms with Crippen LogP contribution < -0.4 is 4.74 Å². The molecule has 2 aromatic rings. The molecule has 1 aliphatic heterocycles. The second-order valence-corrected chi connectivity index (χ2v) is 9.17. The molecule has 3 rings (SSSR count). The van der Waals surface area contributed by atoms with E-state index < -0.39 is 10.0 Å². The van der Waals surface area contributed by atoms with E-state index in [1.807, 2.05) is 24.3 Å². The van der Waals surface area contributed by atoms with Crippen molar-refractivity contribution in [3.8, 4) is 5.75 Å². The van der Waals surface area contributed by atoms with Crippen LogP contribution in [-0.4, -0.2) is 66.6 Å². The Bertz CT molecular complexity index is 1000. The second-order valence-electron chi connectivity index (χ2n) is 7.29. The zero-order chi connectivity index (χ0) is 21.2. The maximum Gasteiger partial charge on any atom is 0.246 e. The maximum atomic E-state index is 13.2. The number of benzene rings is 1. The van der Waals surface area contributed by atoms with Crippen molar-refractivity contribution in [2.75, 3.05) is 33.3 Å². The Balaban J connectivity index is 1.70. The van der Waals surface area contributed by atoms with Gasteiger partial charge in [-0.05, 0) is 38.0 Å². The second kappa shape index (κ2) is 8.54. The van der Waals surface area contributed by atoms with Gasteiger partial charge < -0.3 is 9.64 Å². The van der Waals surface area contributed by atoms with Crippen molar-refractivity contribution in [3.63, 3.8) is 0 Å². The summed E-state index contributed by atoms with van der Waals surface area (Å²) in [5.41, 5.74) is 2.00. The van der Waals surface area contributed by atoms with Crippen molar-refractivity contribution >= 4 is 15.9 Å². The quantitative estimate of drug-likeness (QED) is 0.732. The van der Waals surface area contributed by atoms with Crippen LogP contribution in [0.15, 0.2) is 29.2 Å². The highest BCUT2D eigenvalue weighted by Gasteiger charge is 2.32. The molecule has 1 fully saturated rings. The summed E-state index contributed by atoms with van der Waals surface area (Å²) in [5.74, 6) is 0.705. The normalized spacial score (nSPS) is 15.9. The van der Waals surface area contributed by atoms with Crippen LogP contribution in [0.4, 0.5) is 0 Å². The molecule has 0 bridgehead atoms. The topological polar surface area (TPSA) is 84.7 Å². The van der Waals surface area contributed by atoms with E-state index in [2.05, 4.69) is 5.10 Å². The van der Waals surface area contributed by atoms with E-state index >= 15 is 0 Å². The highest BCUT2D eigenvalue weighted by molar-refractivity contribution is 7.89. The van der Waals surface area contributed by atoms with Crippen molar-refractivity contribution in [1.29, 1.82) is 0 Å². The number of methoxy groups -OCH3 is 1. The van der Waals surface area contributed by atoms with E-state index in [0.29, 0.717) is 43.2 Å². The minimum Gasteiger partial charge on any atom is -0.497 e. The van der Waals surface area contributed by atoms with Gasteiger partial charge in [-0.15, -0.1) is 0 Å². The maximum absolute atomic E-state index is 13.2. The van der Waals surface area contributed by atoms with Gasteiger partial charge in [0.25, 0.3) is 0 Å². The Hall–Kier alpha value is -2.39. The highest BCUT2D eigenvalue weighted by Crippen LogP contribution is 2.24. The molecule has 1 aromatic heterocycles. The van der Waals surface area contributed by atoms with Crippen LogP contribution in [0.25, 0.3) is 0 Å². The molecule has 0 N–H and O–H groups in total. The molecule has 8 nitrogen and oxygen atoms in total. The summed E-state index contributed by atoms with van der Waals surface area (Å²) in [5, 5.41) is 4.24. The van der Waals surface area contributed by atoms with E-state index in [1.165, 1.54) is 4.31 Å². The minimum atomic E-state index is -3.65. The standard InChI is InChI=1S/C20H28N4O4S/c1-15-20(16(2)22(3)21-15)29(26,27)24-10-6-9-23(11-12-24)19(25)14-17-7-5-8-18(13-17)28-4/h5,7-8,13H,6,9-12,14H2,1-4H3. The van der Waals surface area contributed by atoms with Crippen LogP contribution in [0.5, 0.6) is 5.75 Å². The van der Waals surface area contributed by atoms with Gasteiger partial charge in [0.15, 0.2) is 0 Å². The third-order valence-corrected chi connectivity index (χ3v) is 7.49. The first-order valence-electron chi connectivity index (χ1n) is 9.65. The molecule has 2 heterocycles. The van der Waals surface area contributed by atoms with E-state index in [1.54, 1.807) is 37.6 Å². The van der Waals surface area contributed by atoms with Gasteiger partial charge in [0.1, 0.15) is 10.6 Å². The van der Waals surface area contributed by atoms with Gasteiger partial charge in [0, 0.05) is 33.2 Å². The summed E-state index contributed by atoms with van der Waals surface area (Å²) in [6, 6.07) is 7.44. The van der Waals surface area contributed by atoms with Gasteiger partial charge >= 0.3 is 0 Å². The molecule has 29 heavy (non-hydrogen) atoms. The number of ether oxygens (including phenoxy) is 1. The van der Waals surface area contributed by atoms with E-state index in [9.17, 15) is 13.2 Å². The summed E-state index contributed by atoms with van der Waals surface area (Å²) >= 11 is 0. The smallest absolute Gasteiger partial charge is 0.246 e. The molecular formula is C20H28N4O4S. The Labute approximate surface area is 172 Å². The average Bonchev–Trinajstić information content (AvgIpc) is 2.86. The van der Waals surface area contributed by atoms with E-state index in [0.717, 1.165) is 5.56 Å². The monoisotopic (exact) mass is 420 g/mol. The van der Waals surface area contributed by atoms with Crippen molar-refractivity contribution in [3.05, 3.63) is 41.2 Å². The molecule has 1 aliphatic rings. The molecule has 0 spiro atoms. The first kappa shape index (κ1) is 21.3. The summed E-state index contributed by atoms with van der Waals surface area (Å²) < 4.78 is 34.7. The highest BCUT2D eigenvalue weighted by atomic mass is 32.2. The first-order valence-corrected chi connectivity index (χ1v) is 11.1. The average molecular weight is 421 g/mol. The molecule has 1 saturated heterocycles. The van der Waals surface area contributed by atoms with Crippen molar-refractivity contribution in [2.24, 2.45) is 7.05 Å². The number of sulfonamides is 1. The number of nitrogens with zero attached hydrogens (tertiary/aromatic N) is 4. The lowest BCUT2D eigenvalue weighted by Gasteiger charge is -2.22. The van der Waals surface area contributed by atoms with Crippen molar-refractivity contribution in [1.82, 2.24) is 19.0 Å². The van der Waals surface area contributed by atoms with Crippen LogP contribution >= 0.6 is 0 Å². The third-order valence-electron chi connectivity index (χ3n) is 5.34. The molecule has 0 aliphatic carbocycles. The minimum absolute atomic E-state index is 0.00811. The summed E-state index contributed by atoms with van der Waals surface area (Å²) in [4.78, 5) is 14.8. The molecule has 0 atom stereocenters. The van der Waals surface area contributed by atoms with E-state index in [4.69, 9.17) is 4.74 Å². The molecular weight excluding hydrogens is 392 g/mol. The number of aryl methyl sites for hydroxylation is 2. The first-order chi connectivity index (χ1) is 13.7. The number of amides is 1. The Morgan fingerprint density at radius 3 is 2.59 bits per heavy atom. The number of hydrogen-bond acceptors (Lipinski definition) is 5. The van der Waals surface area contributed by atoms with Gasteiger partial charge in [-0.3, -0.25) is 9.48 Å². The summed E-state index contributed by atoms with van der Waals surface area (Å²) in [6.07, 6.45) is 0.867. The van der Waals surface area contributed by atoms with Crippen LogP contribution in [0, 0.1) is 13.8 Å². The van der Waals surface area contributed by atoms with E-state index in [-0.39, 0.29) is 23.8 Å². The van der Waals surface area contributed by atoms with Crippen LogP contribution in [0.2, 0.25) is 0 Å². The Morgan fingerprint density at radius 2 is 1.93 bits per heavy atom. The molecule has 1 amide bonds. The lowest BCUT2D eigenvalue weighted by Crippen LogP contribution is -2.38. The zero-order valence-corrected chi connectivity index (χ0v) is 18.2. The molecule has 1 aromatic carbocycles. The van der Waals surface area contributed by atoms with Gasteiger partial charge in [0.05, 0.1) is 24.9 Å². The Kier molecular flexibility index (Phi) is 6.28. The fraction of sp³-hybridized carbons (Fsp3) is 0.500. The number of aromatic nitrogens is 2. The van der Waals surface area contributed by atoms with Gasteiger partial charge in [-0.1, -0.05) is 12.1 Å². The van der Waals surface area contributed by atoms with Crippen LogP contribution in [0.3, 0.4) is 0 Å². The largest absolute Gasteiger partial charge is 0.497 e. The fourth-order valence-electron chi connectivity index (χ4n) is 3.71. The van der Waals surface area contributed by atoms with Crippen LogP contribution in [0.1, 0.15) is 23.4 Å². The third kappa shape index (κ3) is 4.45. The summed E-state index contributed by atoms with van der Waals surface area (Å²) in [7, 11) is -0.315. The van der Waals surface area contributed by atoms with Gasteiger partial charge in [-0.2, -0.15) is 9.40 Å². The molecule has 0 saturated carbocycles. The molecule has 0 unspecified atom stereocenters.